The van der Waals surface area contributed by atoms with Crippen LogP contribution in [0.1, 0.15) is 39.3 Å². The van der Waals surface area contributed by atoms with E-state index < -0.39 is 0 Å². The van der Waals surface area contributed by atoms with Gasteiger partial charge in [0, 0.05) is 38.3 Å². The Morgan fingerprint density at radius 3 is 2.42 bits per heavy atom. The van der Waals surface area contributed by atoms with Crippen molar-refractivity contribution in [1.82, 2.24) is 9.80 Å². The zero-order valence-corrected chi connectivity index (χ0v) is 15.6. The molecule has 2 atom stereocenters. The molecule has 1 aromatic carbocycles. The molecule has 1 saturated heterocycles. The first-order chi connectivity index (χ1) is 11.6. The molecule has 0 aromatic heterocycles. The van der Waals surface area contributed by atoms with Crippen LogP contribution in [0.5, 0.6) is 11.5 Å². The second kappa shape index (κ2) is 9.25. The summed E-state index contributed by atoms with van der Waals surface area (Å²) in [4.78, 5) is 5.02. The van der Waals surface area contributed by atoms with Gasteiger partial charge in [0.25, 0.3) is 0 Å². The van der Waals surface area contributed by atoms with Crippen LogP contribution in [0.3, 0.4) is 0 Å². The average Bonchev–Trinajstić information content (AvgIpc) is 2.59. The number of hydrogen-bond donors (Lipinski definition) is 1. The maximum Gasteiger partial charge on any atom is 0.161 e. The molecule has 1 heterocycles. The van der Waals surface area contributed by atoms with Gasteiger partial charge in [-0.15, -0.1) is 0 Å². The van der Waals surface area contributed by atoms with E-state index in [2.05, 4.69) is 35.8 Å². The highest BCUT2D eigenvalue weighted by molar-refractivity contribution is 5.44. The van der Waals surface area contributed by atoms with Crippen LogP contribution in [0, 0.1) is 0 Å². The molecule has 0 bridgehead atoms. The van der Waals surface area contributed by atoms with Crippen molar-refractivity contribution in [3.63, 3.8) is 0 Å². The molecule has 0 amide bonds. The average molecular weight is 335 g/mol. The smallest absolute Gasteiger partial charge is 0.161 e. The lowest BCUT2D eigenvalue weighted by Gasteiger charge is -2.43. The summed E-state index contributed by atoms with van der Waals surface area (Å²) in [7, 11) is 0. The van der Waals surface area contributed by atoms with Crippen molar-refractivity contribution in [2.75, 3.05) is 45.9 Å². The first-order valence-electron chi connectivity index (χ1n) is 9.22. The van der Waals surface area contributed by atoms with Crippen LogP contribution in [-0.4, -0.2) is 61.8 Å². The minimum absolute atomic E-state index is 0.217. The summed E-state index contributed by atoms with van der Waals surface area (Å²) >= 11 is 0. The van der Waals surface area contributed by atoms with Crippen molar-refractivity contribution in [3.05, 3.63) is 23.8 Å². The molecule has 2 N–H and O–H groups in total. The number of rotatable bonds is 8. The number of likely N-dealkylation sites (N-methyl/N-ethyl adjacent to an activating group) is 1. The number of piperazine rings is 1. The monoisotopic (exact) mass is 335 g/mol. The molecule has 2 unspecified atom stereocenters. The van der Waals surface area contributed by atoms with Crippen molar-refractivity contribution < 1.29 is 9.47 Å². The van der Waals surface area contributed by atoms with Crippen molar-refractivity contribution in [3.8, 4) is 11.5 Å². The fourth-order valence-corrected chi connectivity index (χ4v) is 3.54. The molecular weight excluding hydrogens is 302 g/mol. The SMILES string of the molecule is CCOc1ccc(C(CN)N2CCN(CC)CC2C)cc1OCC. The standard InChI is InChI=1S/C19H33N3O2/c1-5-21-10-11-22(15(4)14-21)17(13-20)16-8-9-18(23-6-2)19(12-16)24-7-3/h8-9,12,15,17H,5-7,10-11,13-14,20H2,1-4H3. The van der Waals surface area contributed by atoms with Crippen molar-refractivity contribution in [1.29, 1.82) is 0 Å². The van der Waals surface area contributed by atoms with Gasteiger partial charge >= 0.3 is 0 Å². The van der Waals surface area contributed by atoms with Crippen molar-refractivity contribution in [2.24, 2.45) is 5.73 Å². The second-order valence-electron chi connectivity index (χ2n) is 6.30. The van der Waals surface area contributed by atoms with E-state index in [0.717, 1.165) is 37.7 Å². The van der Waals surface area contributed by atoms with E-state index in [9.17, 15) is 0 Å². The molecule has 5 nitrogen and oxygen atoms in total. The molecule has 136 valence electrons. The van der Waals surface area contributed by atoms with Crippen LogP contribution in [-0.2, 0) is 0 Å². The number of benzene rings is 1. The number of nitrogens with two attached hydrogens (primary N) is 1. The van der Waals surface area contributed by atoms with Gasteiger partial charge in [-0.25, -0.2) is 0 Å². The molecule has 1 fully saturated rings. The molecule has 5 heteroatoms. The Bertz CT molecular complexity index is 509. The van der Waals surface area contributed by atoms with E-state index in [1.807, 2.05) is 19.9 Å². The number of hydrogen-bond acceptors (Lipinski definition) is 5. The number of ether oxygens (including phenoxy) is 2. The van der Waals surface area contributed by atoms with Gasteiger partial charge in [-0.2, -0.15) is 0 Å². The lowest BCUT2D eigenvalue weighted by atomic mass is 10.0. The van der Waals surface area contributed by atoms with E-state index in [-0.39, 0.29) is 6.04 Å². The summed E-state index contributed by atoms with van der Waals surface area (Å²) in [6.07, 6.45) is 0. The largest absolute Gasteiger partial charge is 0.490 e. The van der Waals surface area contributed by atoms with Crippen molar-refractivity contribution >= 4 is 0 Å². The molecule has 0 aliphatic carbocycles. The first kappa shape index (κ1) is 19.0. The van der Waals surface area contributed by atoms with Gasteiger partial charge in [0.2, 0.25) is 0 Å². The summed E-state index contributed by atoms with van der Waals surface area (Å²) in [6, 6.07) is 6.96. The van der Waals surface area contributed by atoms with Crippen LogP contribution in [0.2, 0.25) is 0 Å². The van der Waals surface area contributed by atoms with E-state index in [4.69, 9.17) is 15.2 Å². The Kier molecular flexibility index (Phi) is 7.34. The highest BCUT2D eigenvalue weighted by Gasteiger charge is 2.29. The molecular formula is C19H33N3O2. The summed E-state index contributed by atoms with van der Waals surface area (Å²) in [5.41, 5.74) is 7.37. The minimum Gasteiger partial charge on any atom is -0.490 e. The molecule has 0 saturated carbocycles. The van der Waals surface area contributed by atoms with Crippen LogP contribution < -0.4 is 15.2 Å². The molecule has 0 radical (unpaired) electrons. The van der Waals surface area contributed by atoms with E-state index in [1.54, 1.807) is 0 Å². The maximum absolute atomic E-state index is 6.16. The van der Waals surface area contributed by atoms with Crippen LogP contribution in [0.4, 0.5) is 0 Å². The van der Waals surface area contributed by atoms with Gasteiger partial charge < -0.3 is 20.1 Å². The van der Waals surface area contributed by atoms with Gasteiger partial charge in [0.1, 0.15) is 0 Å². The summed E-state index contributed by atoms with van der Waals surface area (Å²) in [5, 5.41) is 0. The topological polar surface area (TPSA) is 51.0 Å². The minimum atomic E-state index is 0.217. The van der Waals surface area contributed by atoms with Gasteiger partial charge in [-0.05, 0) is 45.0 Å². The lowest BCUT2D eigenvalue weighted by molar-refractivity contribution is 0.0535. The summed E-state index contributed by atoms with van der Waals surface area (Å²) < 4.78 is 11.5. The van der Waals surface area contributed by atoms with Crippen LogP contribution in [0.15, 0.2) is 18.2 Å². The molecule has 2 rings (SSSR count). The Morgan fingerprint density at radius 1 is 1.12 bits per heavy atom. The van der Waals surface area contributed by atoms with E-state index in [0.29, 0.717) is 25.8 Å². The molecule has 0 spiro atoms. The summed E-state index contributed by atoms with van der Waals surface area (Å²) in [6.45, 7) is 14.7. The zero-order valence-electron chi connectivity index (χ0n) is 15.6. The molecule has 24 heavy (non-hydrogen) atoms. The summed E-state index contributed by atoms with van der Waals surface area (Å²) in [5.74, 6) is 1.62. The van der Waals surface area contributed by atoms with E-state index >= 15 is 0 Å². The maximum atomic E-state index is 6.16. The Labute approximate surface area is 146 Å². The second-order valence-corrected chi connectivity index (χ2v) is 6.30. The Hall–Kier alpha value is -1.30. The van der Waals surface area contributed by atoms with Crippen LogP contribution >= 0.6 is 0 Å². The Morgan fingerprint density at radius 2 is 1.83 bits per heavy atom. The normalized spacial score (nSPS) is 20.8. The van der Waals surface area contributed by atoms with Gasteiger partial charge in [0.05, 0.1) is 13.2 Å². The lowest BCUT2D eigenvalue weighted by Crippen LogP contribution is -2.53. The number of nitrogens with zero attached hydrogens (tertiary/aromatic N) is 2. The fourth-order valence-electron chi connectivity index (χ4n) is 3.54. The fraction of sp³-hybridized carbons (Fsp3) is 0.684. The predicted octanol–water partition coefficient (Wildman–Crippen LogP) is 2.51. The van der Waals surface area contributed by atoms with E-state index in [1.165, 1.54) is 5.56 Å². The van der Waals surface area contributed by atoms with Gasteiger partial charge in [0.15, 0.2) is 11.5 Å². The quantitative estimate of drug-likeness (QED) is 0.791. The van der Waals surface area contributed by atoms with Crippen LogP contribution in [0.25, 0.3) is 0 Å². The van der Waals surface area contributed by atoms with Gasteiger partial charge in [-0.3, -0.25) is 4.90 Å². The zero-order chi connectivity index (χ0) is 17.5. The van der Waals surface area contributed by atoms with Crippen molar-refractivity contribution in [2.45, 2.75) is 39.8 Å². The Balaban J connectivity index is 2.22. The first-order valence-corrected chi connectivity index (χ1v) is 9.22. The highest BCUT2D eigenvalue weighted by Crippen LogP contribution is 2.33. The highest BCUT2D eigenvalue weighted by atomic mass is 16.5. The third-order valence-corrected chi connectivity index (χ3v) is 4.79. The predicted molar refractivity (Wildman–Crippen MR) is 98.9 cm³/mol. The van der Waals surface area contributed by atoms with Gasteiger partial charge in [-0.1, -0.05) is 13.0 Å². The molecule has 1 aliphatic heterocycles. The molecule has 1 aromatic rings. The molecule has 1 aliphatic rings. The third-order valence-electron chi connectivity index (χ3n) is 4.79. The third kappa shape index (κ3) is 4.41.